The molecule has 0 fully saturated rings. The zero-order valence-corrected chi connectivity index (χ0v) is 12.7. The van der Waals surface area contributed by atoms with Crippen LogP contribution in [0.4, 0.5) is 17.1 Å². The number of nitrogens with two attached hydrogens (primary N) is 2. The smallest absolute Gasteiger partial charge is 0.250 e. The van der Waals surface area contributed by atoms with Gasteiger partial charge in [-0.1, -0.05) is 11.6 Å². The summed E-state index contributed by atoms with van der Waals surface area (Å²) in [5.41, 5.74) is 13.0. The van der Waals surface area contributed by atoms with E-state index < -0.39 is 5.91 Å². The Kier molecular flexibility index (Phi) is 4.16. The Morgan fingerprint density at radius 2 is 1.95 bits per heavy atom. The molecule has 0 radical (unpaired) electrons. The minimum Gasteiger partial charge on any atom is -0.398 e. The van der Waals surface area contributed by atoms with Gasteiger partial charge in [-0.05, 0) is 59.0 Å². The zero-order valence-electron chi connectivity index (χ0n) is 9.78. The van der Waals surface area contributed by atoms with Crippen molar-refractivity contribution in [3.8, 4) is 0 Å². The highest BCUT2D eigenvalue weighted by Gasteiger charge is 2.08. The topological polar surface area (TPSA) is 81.1 Å². The van der Waals surface area contributed by atoms with Crippen LogP contribution in [0.1, 0.15) is 10.4 Å². The summed E-state index contributed by atoms with van der Waals surface area (Å²) in [6.07, 6.45) is 0. The number of hydrogen-bond acceptors (Lipinski definition) is 3. The van der Waals surface area contributed by atoms with E-state index in [4.69, 9.17) is 23.1 Å². The molecule has 0 aliphatic heterocycles. The molecule has 1 amide bonds. The highest BCUT2D eigenvalue weighted by atomic mass is 127. The number of halogens is 2. The van der Waals surface area contributed by atoms with Crippen LogP contribution in [-0.4, -0.2) is 5.91 Å². The highest BCUT2D eigenvalue weighted by Crippen LogP contribution is 2.28. The first-order valence-electron chi connectivity index (χ1n) is 5.39. The van der Waals surface area contributed by atoms with Crippen LogP contribution in [0.5, 0.6) is 0 Å². The van der Waals surface area contributed by atoms with Gasteiger partial charge in [-0.3, -0.25) is 4.79 Å². The predicted octanol–water partition coefficient (Wildman–Crippen LogP) is 3.37. The van der Waals surface area contributed by atoms with Crippen LogP contribution in [0, 0.1) is 3.57 Å². The lowest BCUT2D eigenvalue weighted by atomic mass is 10.1. The molecule has 0 aromatic heterocycles. The van der Waals surface area contributed by atoms with Crippen LogP contribution < -0.4 is 16.8 Å². The molecule has 2 aromatic rings. The molecule has 0 saturated heterocycles. The van der Waals surface area contributed by atoms with Gasteiger partial charge in [0.25, 0.3) is 5.91 Å². The largest absolute Gasteiger partial charge is 0.398 e. The Morgan fingerprint density at radius 1 is 1.21 bits per heavy atom. The maximum Gasteiger partial charge on any atom is 0.250 e. The molecule has 98 valence electrons. The zero-order chi connectivity index (χ0) is 14.0. The standard InChI is InChI=1S/C13H11ClIN3O/c14-10-5-7(15)1-4-12(10)18-8-2-3-11(16)9(6-8)13(17)19/h1-6,18H,16H2,(H2,17,19). The van der Waals surface area contributed by atoms with Crippen molar-refractivity contribution < 1.29 is 4.79 Å². The predicted molar refractivity (Wildman–Crippen MR) is 86.8 cm³/mol. The van der Waals surface area contributed by atoms with E-state index in [1.807, 2.05) is 18.2 Å². The third-order valence-electron chi connectivity index (χ3n) is 2.53. The van der Waals surface area contributed by atoms with Gasteiger partial charge in [-0.2, -0.15) is 0 Å². The lowest BCUT2D eigenvalue weighted by Crippen LogP contribution is -2.13. The second kappa shape index (κ2) is 5.66. The second-order valence-electron chi connectivity index (χ2n) is 3.92. The number of primary amides is 1. The summed E-state index contributed by atoms with van der Waals surface area (Å²) in [5, 5.41) is 3.72. The van der Waals surface area contributed by atoms with E-state index in [2.05, 4.69) is 27.9 Å². The molecule has 5 N–H and O–H groups in total. The van der Waals surface area contributed by atoms with Gasteiger partial charge in [-0.15, -0.1) is 0 Å². The average molecular weight is 388 g/mol. The van der Waals surface area contributed by atoms with Crippen molar-refractivity contribution in [3.05, 3.63) is 50.6 Å². The van der Waals surface area contributed by atoms with Crippen LogP contribution in [-0.2, 0) is 0 Å². The van der Waals surface area contributed by atoms with E-state index in [0.717, 1.165) is 9.26 Å². The first-order valence-corrected chi connectivity index (χ1v) is 6.84. The number of nitrogen functional groups attached to an aromatic ring is 1. The molecular formula is C13H11ClIN3O. The fourth-order valence-corrected chi connectivity index (χ4v) is 2.50. The van der Waals surface area contributed by atoms with Crippen molar-refractivity contribution in [2.45, 2.75) is 0 Å². The fraction of sp³-hybridized carbons (Fsp3) is 0. The van der Waals surface area contributed by atoms with Gasteiger partial charge in [0.15, 0.2) is 0 Å². The summed E-state index contributed by atoms with van der Waals surface area (Å²) >= 11 is 8.31. The van der Waals surface area contributed by atoms with E-state index in [1.165, 1.54) is 0 Å². The summed E-state index contributed by atoms with van der Waals surface area (Å²) in [5.74, 6) is -0.560. The molecule has 19 heavy (non-hydrogen) atoms. The van der Waals surface area contributed by atoms with Crippen molar-refractivity contribution in [3.63, 3.8) is 0 Å². The van der Waals surface area contributed by atoms with Crippen molar-refractivity contribution in [1.29, 1.82) is 0 Å². The van der Waals surface area contributed by atoms with Gasteiger partial charge in [0.1, 0.15) is 0 Å². The molecule has 6 heteroatoms. The van der Waals surface area contributed by atoms with Gasteiger partial charge >= 0.3 is 0 Å². The summed E-state index contributed by atoms with van der Waals surface area (Å²) in [6, 6.07) is 10.6. The first-order chi connectivity index (χ1) is 8.97. The second-order valence-corrected chi connectivity index (χ2v) is 5.57. The summed E-state index contributed by atoms with van der Waals surface area (Å²) in [4.78, 5) is 11.2. The van der Waals surface area contributed by atoms with E-state index >= 15 is 0 Å². The van der Waals surface area contributed by atoms with Crippen LogP contribution >= 0.6 is 34.2 Å². The van der Waals surface area contributed by atoms with Crippen LogP contribution in [0.2, 0.25) is 5.02 Å². The van der Waals surface area contributed by atoms with Gasteiger partial charge in [0.05, 0.1) is 16.3 Å². The van der Waals surface area contributed by atoms with Crippen LogP contribution in [0.25, 0.3) is 0 Å². The molecular weight excluding hydrogens is 377 g/mol. The van der Waals surface area contributed by atoms with Crippen molar-refractivity contribution in [1.82, 2.24) is 0 Å². The number of hydrogen-bond donors (Lipinski definition) is 3. The van der Waals surface area contributed by atoms with Crippen LogP contribution in [0.15, 0.2) is 36.4 Å². The third-order valence-corrected chi connectivity index (χ3v) is 3.51. The Morgan fingerprint density at radius 3 is 2.58 bits per heavy atom. The Hall–Kier alpha value is -1.47. The monoisotopic (exact) mass is 387 g/mol. The SMILES string of the molecule is NC(=O)c1cc(Nc2ccc(I)cc2Cl)ccc1N. The number of anilines is 3. The molecule has 0 aliphatic carbocycles. The number of rotatable bonds is 3. The molecule has 0 bridgehead atoms. The maximum absolute atomic E-state index is 11.2. The summed E-state index contributed by atoms with van der Waals surface area (Å²) in [6.45, 7) is 0. The Balaban J connectivity index is 2.33. The molecule has 0 spiro atoms. The van der Waals surface area contributed by atoms with E-state index in [1.54, 1.807) is 18.2 Å². The maximum atomic E-state index is 11.2. The van der Waals surface area contributed by atoms with Crippen LogP contribution in [0.3, 0.4) is 0 Å². The molecule has 0 heterocycles. The van der Waals surface area contributed by atoms with Crippen molar-refractivity contribution in [2.24, 2.45) is 5.73 Å². The molecule has 0 saturated carbocycles. The molecule has 4 nitrogen and oxygen atoms in total. The van der Waals surface area contributed by atoms with Gasteiger partial charge in [-0.25, -0.2) is 0 Å². The number of amides is 1. The van der Waals surface area contributed by atoms with Crippen molar-refractivity contribution >= 4 is 57.2 Å². The number of carbonyl (C=O) groups is 1. The van der Waals surface area contributed by atoms with Gasteiger partial charge in [0.2, 0.25) is 0 Å². The molecule has 0 aliphatic rings. The highest BCUT2D eigenvalue weighted by molar-refractivity contribution is 14.1. The average Bonchev–Trinajstić information content (AvgIpc) is 2.34. The molecule has 0 unspecified atom stereocenters. The molecule has 2 rings (SSSR count). The minimum absolute atomic E-state index is 0.284. The normalized spacial score (nSPS) is 10.2. The molecule has 2 aromatic carbocycles. The Bertz CT molecular complexity index is 646. The quantitative estimate of drug-likeness (QED) is 0.558. The van der Waals surface area contributed by atoms with E-state index in [-0.39, 0.29) is 5.56 Å². The number of carbonyl (C=O) groups excluding carboxylic acids is 1. The van der Waals surface area contributed by atoms with E-state index in [0.29, 0.717) is 16.4 Å². The summed E-state index contributed by atoms with van der Waals surface area (Å²) < 4.78 is 1.04. The van der Waals surface area contributed by atoms with Gasteiger partial charge < -0.3 is 16.8 Å². The summed E-state index contributed by atoms with van der Waals surface area (Å²) in [7, 11) is 0. The Labute approximate surface area is 129 Å². The van der Waals surface area contributed by atoms with E-state index in [9.17, 15) is 4.79 Å². The molecule has 0 atom stereocenters. The lowest BCUT2D eigenvalue weighted by Gasteiger charge is -2.10. The van der Waals surface area contributed by atoms with Gasteiger partial charge in [0, 0.05) is 14.9 Å². The number of nitrogens with one attached hydrogen (secondary N) is 1. The third kappa shape index (κ3) is 3.30. The lowest BCUT2D eigenvalue weighted by molar-refractivity contribution is 0.100. The fourth-order valence-electron chi connectivity index (χ4n) is 1.59. The first kappa shape index (κ1) is 14.0. The van der Waals surface area contributed by atoms with Crippen molar-refractivity contribution in [2.75, 3.05) is 11.1 Å². The number of benzene rings is 2. The minimum atomic E-state index is -0.560.